The van der Waals surface area contributed by atoms with Crippen molar-refractivity contribution in [3.05, 3.63) is 88.0 Å². The van der Waals surface area contributed by atoms with E-state index < -0.39 is 5.63 Å². The molecule has 4 nitrogen and oxygen atoms in total. The fourth-order valence-corrected chi connectivity index (χ4v) is 2.83. The summed E-state index contributed by atoms with van der Waals surface area (Å²) in [6, 6.07) is 17.4. The largest absolute Gasteiger partial charge is 0.504 e. The highest BCUT2D eigenvalue weighted by Crippen LogP contribution is 2.29. The van der Waals surface area contributed by atoms with Gasteiger partial charge in [0, 0.05) is 16.9 Å². The van der Waals surface area contributed by atoms with E-state index in [1.807, 2.05) is 60.9 Å². The van der Waals surface area contributed by atoms with E-state index in [9.17, 15) is 9.90 Å². The van der Waals surface area contributed by atoms with E-state index in [-0.39, 0.29) is 18.1 Å². The highest BCUT2D eigenvalue weighted by atomic mass is 32.2. The van der Waals surface area contributed by atoms with Crippen LogP contribution in [0.4, 0.5) is 0 Å². The van der Waals surface area contributed by atoms with Crippen molar-refractivity contribution in [3.63, 3.8) is 0 Å². The van der Waals surface area contributed by atoms with Crippen LogP contribution in [-0.4, -0.2) is 11.4 Å². The second-order valence-electron chi connectivity index (χ2n) is 5.53. The van der Waals surface area contributed by atoms with Crippen LogP contribution in [0.5, 0.6) is 11.5 Å². The first-order chi connectivity index (χ1) is 12.2. The van der Waals surface area contributed by atoms with Gasteiger partial charge in [-0.25, -0.2) is 4.79 Å². The summed E-state index contributed by atoms with van der Waals surface area (Å²) < 4.78 is 10.5. The maximum absolute atomic E-state index is 11.9. The number of aromatic hydroxyl groups is 1. The highest BCUT2D eigenvalue weighted by Gasteiger charge is 2.15. The quantitative estimate of drug-likeness (QED) is 0.671. The summed E-state index contributed by atoms with van der Waals surface area (Å²) in [5.41, 5.74) is 1.74. The summed E-state index contributed by atoms with van der Waals surface area (Å²) >= 11 is 1.67. The molecule has 5 heteroatoms. The van der Waals surface area contributed by atoms with Crippen molar-refractivity contribution >= 4 is 11.8 Å². The second-order valence-corrected chi connectivity index (χ2v) is 6.40. The first-order valence-electron chi connectivity index (χ1n) is 7.80. The van der Waals surface area contributed by atoms with Gasteiger partial charge in [-0.05, 0) is 29.5 Å². The van der Waals surface area contributed by atoms with Gasteiger partial charge in [-0.2, -0.15) is 0 Å². The van der Waals surface area contributed by atoms with Crippen LogP contribution in [0, 0.1) is 0 Å². The lowest BCUT2D eigenvalue weighted by Gasteiger charge is -2.10. The Balaban J connectivity index is 1.80. The highest BCUT2D eigenvalue weighted by molar-refractivity contribution is 7.98. The smallest absolute Gasteiger partial charge is 0.382 e. The Kier molecular flexibility index (Phi) is 5.46. The molecule has 1 N–H and O–H groups in total. The maximum atomic E-state index is 11.9. The van der Waals surface area contributed by atoms with Gasteiger partial charge in [-0.1, -0.05) is 42.5 Å². The molecule has 0 aliphatic carbocycles. The van der Waals surface area contributed by atoms with Crippen molar-refractivity contribution in [1.82, 2.24) is 0 Å². The average molecular weight is 354 g/mol. The predicted molar refractivity (Wildman–Crippen MR) is 98.4 cm³/mol. The topological polar surface area (TPSA) is 59.7 Å². The molecule has 3 aromatic rings. The van der Waals surface area contributed by atoms with Crippen LogP contribution >= 0.6 is 11.8 Å². The molecule has 128 valence electrons. The molecule has 0 unspecified atom stereocenters. The standard InChI is InChI=1S/C20H18O4S/c1-25-17-9-7-14(8-10-17)11-16-13-24-20(22)19(18(16)21)23-12-15-5-3-2-4-6-15/h2-10,13,21H,11-12H2,1H3. The summed E-state index contributed by atoms with van der Waals surface area (Å²) in [6.45, 7) is 0.186. The Labute approximate surface area is 150 Å². The summed E-state index contributed by atoms with van der Waals surface area (Å²) in [6.07, 6.45) is 3.75. The Hall–Kier alpha value is -2.66. The second kappa shape index (κ2) is 7.94. The van der Waals surface area contributed by atoms with E-state index in [0.717, 1.165) is 11.1 Å². The van der Waals surface area contributed by atoms with Crippen LogP contribution in [-0.2, 0) is 13.0 Å². The molecule has 0 radical (unpaired) electrons. The van der Waals surface area contributed by atoms with Crippen molar-refractivity contribution in [2.45, 2.75) is 17.9 Å². The molecule has 0 spiro atoms. The molecular formula is C20H18O4S. The lowest BCUT2D eigenvalue weighted by Crippen LogP contribution is -2.08. The number of benzene rings is 2. The Morgan fingerprint density at radius 2 is 1.76 bits per heavy atom. The molecule has 0 aliphatic heterocycles. The minimum Gasteiger partial charge on any atom is -0.504 e. The van der Waals surface area contributed by atoms with Crippen molar-refractivity contribution < 1.29 is 14.3 Å². The maximum Gasteiger partial charge on any atom is 0.382 e. The van der Waals surface area contributed by atoms with Crippen molar-refractivity contribution in [2.24, 2.45) is 0 Å². The van der Waals surface area contributed by atoms with E-state index in [0.29, 0.717) is 12.0 Å². The lowest BCUT2D eigenvalue weighted by molar-refractivity contribution is 0.268. The molecule has 2 aromatic carbocycles. The van der Waals surface area contributed by atoms with Gasteiger partial charge in [-0.3, -0.25) is 0 Å². The summed E-state index contributed by atoms with van der Waals surface area (Å²) in [4.78, 5) is 13.1. The molecule has 3 rings (SSSR count). The van der Waals surface area contributed by atoms with Crippen molar-refractivity contribution in [2.75, 3.05) is 6.26 Å². The first-order valence-corrected chi connectivity index (χ1v) is 9.03. The molecular weight excluding hydrogens is 336 g/mol. The Bertz CT molecular complexity index is 886. The molecule has 1 heterocycles. The lowest BCUT2D eigenvalue weighted by atomic mass is 10.1. The van der Waals surface area contributed by atoms with Crippen molar-refractivity contribution in [1.29, 1.82) is 0 Å². The summed E-state index contributed by atoms with van der Waals surface area (Å²) in [5.74, 6) is -0.316. The van der Waals surface area contributed by atoms with E-state index in [2.05, 4.69) is 0 Å². The number of hydrogen-bond donors (Lipinski definition) is 1. The van der Waals surface area contributed by atoms with Crippen LogP contribution in [0.15, 0.2) is 75.0 Å². The molecule has 1 aromatic heterocycles. The SMILES string of the molecule is CSc1ccc(Cc2coc(=O)c(OCc3ccccc3)c2O)cc1. The molecule has 0 fully saturated rings. The van der Waals surface area contributed by atoms with Gasteiger partial charge in [0.25, 0.3) is 0 Å². The average Bonchev–Trinajstić information content (AvgIpc) is 2.65. The molecule has 0 bridgehead atoms. The number of hydrogen-bond acceptors (Lipinski definition) is 5. The third-order valence-electron chi connectivity index (χ3n) is 3.79. The van der Waals surface area contributed by atoms with Crippen LogP contribution in [0.2, 0.25) is 0 Å². The Morgan fingerprint density at radius 1 is 1.04 bits per heavy atom. The van der Waals surface area contributed by atoms with Gasteiger partial charge >= 0.3 is 5.63 Å². The molecule has 0 saturated carbocycles. The van der Waals surface area contributed by atoms with Crippen LogP contribution < -0.4 is 10.4 Å². The van der Waals surface area contributed by atoms with Gasteiger partial charge in [0.2, 0.25) is 5.75 Å². The summed E-state index contributed by atoms with van der Waals surface area (Å²) in [7, 11) is 0. The Morgan fingerprint density at radius 3 is 2.44 bits per heavy atom. The molecule has 0 amide bonds. The number of thioether (sulfide) groups is 1. The number of ether oxygens (including phenoxy) is 1. The van der Waals surface area contributed by atoms with Gasteiger partial charge in [0.1, 0.15) is 12.9 Å². The fraction of sp³-hybridized carbons (Fsp3) is 0.150. The minimum absolute atomic E-state index is 0.151. The van der Waals surface area contributed by atoms with Crippen LogP contribution in [0.3, 0.4) is 0 Å². The van der Waals surface area contributed by atoms with Gasteiger partial charge in [0.15, 0.2) is 5.75 Å². The summed E-state index contributed by atoms with van der Waals surface area (Å²) in [5, 5.41) is 10.4. The predicted octanol–water partition coefficient (Wildman–Crippen LogP) is 4.24. The van der Waals surface area contributed by atoms with Gasteiger partial charge in [-0.15, -0.1) is 11.8 Å². The van der Waals surface area contributed by atoms with Crippen LogP contribution in [0.25, 0.3) is 0 Å². The molecule has 0 atom stereocenters. The van der Waals surface area contributed by atoms with E-state index >= 15 is 0 Å². The zero-order chi connectivity index (χ0) is 17.6. The van der Waals surface area contributed by atoms with Gasteiger partial charge < -0.3 is 14.3 Å². The zero-order valence-electron chi connectivity index (χ0n) is 13.8. The normalized spacial score (nSPS) is 10.6. The van der Waals surface area contributed by atoms with Gasteiger partial charge in [0.05, 0.1) is 0 Å². The third-order valence-corrected chi connectivity index (χ3v) is 4.54. The molecule has 25 heavy (non-hydrogen) atoms. The monoisotopic (exact) mass is 354 g/mol. The number of rotatable bonds is 6. The third kappa shape index (κ3) is 4.25. The minimum atomic E-state index is -0.685. The first kappa shape index (κ1) is 17.2. The van der Waals surface area contributed by atoms with Crippen LogP contribution in [0.1, 0.15) is 16.7 Å². The molecule has 0 aliphatic rings. The van der Waals surface area contributed by atoms with E-state index in [1.165, 1.54) is 11.2 Å². The van der Waals surface area contributed by atoms with Crippen molar-refractivity contribution in [3.8, 4) is 11.5 Å². The zero-order valence-corrected chi connectivity index (χ0v) is 14.6. The van der Waals surface area contributed by atoms with E-state index in [4.69, 9.17) is 9.15 Å². The van der Waals surface area contributed by atoms with E-state index in [1.54, 1.807) is 11.8 Å². The fourth-order valence-electron chi connectivity index (χ4n) is 2.42. The molecule has 0 saturated heterocycles.